The molecule has 2 N–H and O–H groups in total. The zero-order valence-corrected chi connectivity index (χ0v) is 16.5. The third kappa shape index (κ3) is 5.10. The quantitative estimate of drug-likeness (QED) is 0.621. The van der Waals surface area contributed by atoms with Gasteiger partial charge in [-0.25, -0.2) is 4.79 Å². The number of ether oxygens (including phenoxy) is 1. The van der Waals surface area contributed by atoms with Crippen LogP contribution in [0.5, 0.6) is 0 Å². The SMILES string of the molecule is COC(=O)c1cccc(Nc2cncc(C(=O)Nc3ccc(N(C)C)cc3)c2)c1. The molecule has 0 saturated carbocycles. The molecule has 7 heteroatoms. The van der Waals surface area contributed by atoms with Gasteiger partial charge in [0.1, 0.15) is 0 Å². The van der Waals surface area contributed by atoms with Crippen LogP contribution in [0, 0.1) is 0 Å². The number of aromatic nitrogens is 1. The van der Waals surface area contributed by atoms with Gasteiger partial charge in [0, 0.05) is 37.4 Å². The molecule has 0 aliphatic carbocycles. The molecule has 0 fully saturated rings. The average Bonchev–Trinajstić information content (AvgIpc) is 2.74. The Bertz CT molecular complexity index is 1020. The normalized spacial score (nSPS) is 10.2. The Hall–Kier alpha value is -3.87. The van der Waals surface area contributed by atoms with E-state index >= 15 is 0 Å². The van der Waals surface area contributed by atoms with Crippen LogP contribution in [0.2, 0.25) is 0 Å². The highest BCUT2D eigenvalue weighted by Gasteiger charge is 2.09. The molecule has 2 aromatic carbocycles. The summed E-state index contributed by atoms with van der Waals surface area (Å²) in [6.07, 6.45) is 3.10. The maximum absolute atomic E-state index is 12.6. The van der Waals surface area contributed by atoms with Gasteiger partial charge < -0.3 is 20.3 Å². The molecule has 1 amide bonds. The van der Waals surface area contributed by atoms with E-state index in [1.807, 2.05) is 49.3 Å². The number of nitrogens with zero attached hydrogens (tertiary/aromatic N) is 2. The highest BCUT2D eigenvalue weighted by atomic mass is 16.5. The van der Waals surface area contributed by atoms with Crippen LogP contribution in [-0.2, 0) is 4.74 Å². The summed E-state index contributed by atoms with van der Waals surface area (Å²) in [6, 6.07) is 16.1. The third-order valence-corrected chi connectivity index (χ3v) is 4.21. The lowest BCUT2D eigenvalue weighted by Crippen LogP contribution is -2.13. The molecule has 0 unspecified atom stereocenters. The molecule has 1 aromatic heterocycles. The van der Waals surface area contributed by atoms with E-state index in [1.54, 1.807) is 30.5 Å². The van der Waals surface area contributed by atoms with Gasteiger partial charge in [-0.15, -0.1) is 0 Å². The molecular weight excluding hydrogens is 368 g/mol. The summed E-state index contributed by atoms with van der Waals surface area (Å²) in [5.41, 5.74) is 3.90. The summed E-state index contributed by atoms with van der Waals surface area (Å²) >= 11 is 0. The van der Waals surface area contributed by atoms with E-state index in [1.165, 1.54) is 13.3 Å². The lowest BCUT2D eigenvalue weighted by molar-refractivity contribution is 0.0600. The topological polar surface area (TPSA) is 83.6 Å². The van der Waals surface area contributed by atoms with E-state index < -0.39 is 5.97 Å². The Morgan fingerprint density at radius 1 is 0.897 bits per heavy atom. The standard InChI is InChI=1S/C22H22N4O3/c1-26(2)20-9-7-17(8-10-20)25-21(27)16-12-19(14-23-13-16)24-18-6-4-5-15(11-18)22(28)29-3/h4-14,24H,1-3H3,(H,25,27). The van der Waals surface area contributed by atoms with Gasteiger partial charge in [0.15, 0.2) is 0 Å². The molecule has 0 saturated heterocycles. The van der Waals surface area contributed by atoms with Crippen molar-refractivity contribution >= 4 is 34.6 Å². The van der Waals surface area contributed by atoms with Crippen molar-refractivity contribution in [2.45, 2.75) is 0 Å². The van der Waals surface area contributed by atoms with Gasteiger partial charge in [-0.05, 0) is 48.5 Å². The van der Waals surface area contributed by atoms with E-state index in [0.717, 1.165) is 5.69 Å². The minimum absolute atomic E-state index is 0.262. The zero-order valence-electron chi connectivity index (χ0n) is 16.5. The maximum Gasteiger partial charge on any atom is 0.337 e. The lowest BCUT2D eigenvalue weighted by Gasteiger charge is -2.13. The third-order valence-electron chi connectivity index (χ3n) is 4.21. The molecule has 1 heterocycles. The molecule has 0 radical (unpaired) electrons. The average molecular weight is 390 g/mol. The van der Waals surface area contributed by atoms with Crippen LogP contribution in [-0.4, -0.2) is 38.1 Å². The fourth-order valence-electron chi connectivity index (χ4n) is 2.69. The number of methoxy groups -OCH3 is 1. The van der Waals surface area contributed by atoms with Gasteiger partial charge in [0.25, 0.3) is 5.91 Å². The van der Waals surface area contributed by atoms with Gasteiger partial charge in [0.2, 0.25) is 0 Å². The molecule has 3 rings (SSSR count). The Kier molecular flexibility index (Phi) is 6.09. The Morgan fingerprint density at radius 3 is 2.31 bits per heavy atom. The van der Waals surface area contributed by atoms with Crippen molar-refractivity contribution in [3.63, 3.8) is 0 Å². The Labute approximate surface area is 169 Å². The lowest BCUT2D eigenvalue weighted by atomic mass is 10.2. The first-order valence-electron chi connectivity index (χ1n) is 8.95. The molecule has 0 aliphatic rings. The van der Waals surface area contributed by atoms with Crippen LogP contribution in [0.1, 0.15) is 20.7 Å². The van der Waals surface area contributed by atoms with Crippen LogP contribution < -0.4 is 15.5 Å². The first kappa shape index (κ1) is 19.9. The first-order chi connectivity index (χ1) is 14.0. The van der Waals surface area contributed by atoms with Crippen molar-refractivity contribution in [3.05, 3.63) is 78.1 Å². The number of hydrogen-bond donors (Lipinski definition) is 2. The highest BCUT2D eigenvalue weighted by molar-refractivity contribution is 6.04. The van der Waals surface area contributed by atoms with Crippen LogP contribution in [0.15, 0.2) is 67.0 Å². The van der Waals surface area contributed by atoms with Crippen LogP contribution >= 0.6 is 0 Å². The number of carbonyl (C=O) groups excluding carboxylic acids is 2. The number of anilines is 4. The summed E-state index contributed by atoms with van der Waals surface area (Å²) in [7, 11) is 5.25. The second kappa shape index (κ2) is 8.88. The number of hydrogen-bond acceptors (Lipinski definition) is 6. The zero-order chi connectivity index (χ0) is 20.8. The van der Waals surface area contributed by atoms with E-state index in [9.17, 15) is 9.59 Å². The molecule has 0 spiro atoms. The van der Waals surface area contributed by atoms with E-state index in [0.29, 0.717) is 28.2 Å². The van der Waals surface area contributed by atoms with Gasteiger partial charge in [-0.2, -0.15) is 0 Å². The van der Waals surface area contributed by atoms with E-state index in [4.69, 9.17) is 4.74 Å². The summed E-state index contributed by atoms with van der Waals surface area (Å²) in [6.45, 7) is 0. The van der Waals surface area contributed by atoms with Gasteiger partial charge in [-0.3, -0.25) is 9.78 Å². The molecule has 0 bridgehead atoms. The smallest absolute Gasteiger partial charge is 0.337 e. The predicted octanol–water partition coefficient (Wildman–Crippen LogP) is 3.93. The summed E-state index contributed by atoms with van der Waals surface area (Å²) in [5, 5.41) is 6.01. The second-order valence-corrected chi connectivity index (χ2v) is 6.56. The minimum Gasteiger partial charge on any atom is -0.465 e. The number of nitrogens with one attached hydrogen (secondary N) is 2. The van der Waals surface area contributed by atoms with Gasteiger partial charge in [-0.1, -0.05) is 6.07 Å². The fraction of sp³-hybridized carbons (Fsp3) is 0.136. The van der Waals surface area contributed by atoms with Crippen LogP contribution in [0.25, 0.3) is 0 Å². The number of pyridine rings is 1. The fourth-order valence-corrected chi connectivity index (χ4v) is 2.69. The number of benzene rings is 2. The minimum atomic E-state index is -0.416. The molecule has 0 atom stereocenters. The molecule has 7 nitrogen and oxygen atoms in total. The van der Waals surface area contributed by atoms with Crippen LogP contribution in [0.3, 0.4) is 0 Å². The van der Waals surface area contributed by atoms with E-state index in [2.05, 4.69) is 15.6 Å². The molecular formula is C22H22N4O3. The number of amides is 1. The number of esters is 1. The largest absolute Gasteiger partial charge is 0.465 e. The first-order valence-corrected chi connectivity index (χ1v) is 8.95. The van der Waals surface area contributed by atoms with Crippen molar-refractivity contribution in [3.8, 4) is 0 Å². The van der Waals surface area contributed by atoms with Crippen molar-refractivity contribution < 1.29 is 14.3 Å². The van der Waals surface area contributed by atoms with Crippen molar-refractivity contribution in [1.29, 1.82) is 0 Å². The van der Waals surface area contributed by atoms with Crippen LogP contribution in [0.4, 0.5) is 22.7 Å². The van der Waals surface area contributed by atoms with E-state index in [-0.39, 0.29) is 5.91 Å². The monoisotopic (exact) mass is 390 g/mol. The summed E-state index contributed by atoms with van der Waals surface area (Å²) in [4.78, 5) is 30.4. The molecule has 3 aromatic rings. The number of rotatable bonds is 6. The molecule has 148 valence electrons. The Balaban J connectivity index is 1.72. The maximum atomic E-state index is 12.6. The van der Waals surface area contributed by atoms with Crippen molar-refractivity contribution in [2.24, 2.45) is 0 Å². The molecule has 0 aliphatic heterocycles. The van der Waals surface area contributed by atoms with Crippen molar-refractivity contribution in [1.82, 2.24) is 4.98 Å². The Morgan fingerprint density at radius 2 is 1.62 bits per heavy atom. The summed E-state index contributed by atoms with van der Waals surface area (Å²) in [5.74, 6) is -0.678. The second-order valence-electron chi connectivity index (χ2n) is 6.56. The van der Waals surface area contributed by atoms with Gasteiger partial charge >= 0.3 is 5.97 Å². The van der Waals surface area contributed by atoms with Gasteiger partial charge in [0.05, 0.1) is 30.1 Å². The van der Waals surface area contributed by atoms with Crippen molar-refractivity contribution in [2.75, 3.05) is 36.7 Å². The molecule has 29 heavy (non-hydrogen) atoms. The number of carbonyl (C=O) groups is 2. The highest BCUT2D eigenvalue weighted by Crippen LogP contribution is 2.20. The predicted molar refractivity (Wildman–Crippen MR) is 114 cm³/mol. The summed E-state index contributed by atoms with van der Waals surface area (Å²) < 4.78 is 4.73.